The maximum absolute atomic E-state index is 12.3. The molecule has 0 fully saturated rings. The van der Waals surface area contributed by atoms with E-state index in [1.54, 1.807) is 12.3 Å². The Morgan fingerprint density at radius 3 is 3.11 bits per heavy atom. The molecular formula is C13H12BrN3O. The predicted molar refractivity (Wildman–Crippen MR) is 71.2 cm³/mol. The van der Waals surface area contributed by atoms with Crippen LogP contribution < -0.4 is 0 Å². The Bertz CT molecular complexity index is 579. The van der Waals surface area contributed by atoms with Gasteiger partial charge in [-0.05, 0) is 39.7 Å². The van der Waals surface area contributed by atoms with Crippen molar-refractivity contribution in [3.05, 3.63) is 52.0 Å². The molecular weight excluding hydrogens is 294 g/mol. The molecule has 4 nitrogen and oxygen atoms in total. The molecule has 1 aliphatic heterocycles. The van der Waals surface area contributed by atoms with Gasteiger partial charge < -0.3 is 9.88 Å². The van der Waals surface area contributed by atoms with E-state index in [1.807, 2.05) is 23.1 Å². The normalized spacial score (nSPS) is 14.4. The van der Waals surface area contributed by atoms with Crippen LogP contribution in [0.4, 0.5) is 0 Å². The minimum Gasteiger partial charge on any atom is -0.353 e. The van der Waals surface area contributed by atoms with E-state index in [-0.39, 0.29) is 5.91 Å². The summed E-state index contributed by atoms with van der Waals surface area (Å²) in [4.78, 5) is 21.5. The maximum atomic E-state index is 12.3. The first-order chi connectivity index (χ1) is 8.74. The number of aromatic nitrogens is 2. The highest BCUT2D eigenvalue weighted by Gasteiger charge is 2.23. The lowest BCUT2D eigenvalue weighted by molar-refractivity contribution is 0.0728. The van der Waals surface area contributed by atoms with Gasteiger partial charge in [-0.1, -0.05) is 6.07 Å². The third-order valence-electron chi connectivity index (χ3n) is 3.12. The molecule has 1 N–H and O–H groups in total. The van der Waals surface area contributed by atoms with Crippen LogP contribution in [0, 0.1) is 0 Å². The van der Waals surface area contributed by atoms with Gasteiger partial charge in [0.25, 0.3) is 5.91 Å². The van der Waals surface area contributed by atoms with Crippen molar-refractivity contribution in [3.8, 4) is 0 Å². The standard InChI is InChI=1S/C13H12BrN3O/c14-12-7-9-8-17(6-4-10(9)16-12)13(18)11-3-1-2-5-15-11/h1-3,5,7,16H,4,6,8H2. The Morgan fingerprint density at radius 1 is 1.44 bits per heavy atom. The molecule has 0 saturated heterocycles. The van der Waals surface area contributed by atoms with Crippen molar-refractivity contribution < 1.29 is 4.79 Å². The number of fused-ring (bicyclic) bond motifs is 1. The minimum atomic E-state index is -0.00132. The second-order valence-electron chi connectivity index (χ2n) is 4.31. The van der Waals surface area contributed by atoms with Crippen molar-refractivity contribution in [2.75, 3.05) is 6.54 Å². The zero-order valence-electron chi connectivity index (χ0n) is 9.69. The zero-order valence-corrected chi connectivity index (χ0v) is 11.3. The van der Waals surface area contributed by atoms with E-state index in [0.717, 1.165) is 17.6 Å². The van der Waals surface area contributed by atoms with Gasteiger partial charge in [-0.2, -0.15) is 0 Å². The van der Waals surface area contributed by atoms with Gasteiger partial charge >= 0.3 is 0 Å². The first-order valence-corrected chi connectivity index (χ1v) is 6.60. The fourth-order valence-electron chi connectivity index (χ4n) is 2.22. The number of carbonyl (C=O) groups excluding carboxylic acids is 1. The molecule has 18 heavy (non-hydrogen) atoms. The van der Waals surface area contributed by atoms with Crippen LogP contribution in [0.2, 0.25) is 0 Å². The van der Waals surface area contributed by atoms with Crippen LogP contribution in [0.1, 0.15) is 21.7 Å². The van der Waals surface area contributed by atoms with E-state index in [2.05, 4.69) is 25.9 Å². The lowest BCUT2D eigenvalue weighted by Crippen LogP contribution is -2.36. The van der Waals surface area contributed by atoms with E-state index < -0.39 is 0 Å². The molecule has 0 radical (unpaired) electrons. The van der Waals surface area contributed by atoms with E-state index in [9.17, 15) is 4.79 Å². The Hall–Kier alpha value is -1.62. The molecule has 5 heteroatoms. The van der Waals surface area contributed by atoms with Crippen LogP contribution in [0.3, 0.4) is 0 Å². The van der Waals surface area contributed by atoms with Crippen molar-refractivity contribution in [2.24, 2.45) is 0 Å². The topological polar surface area (TPSA) is 49.0 Å². The molecule has 0 aromatic carbocycles. The lowest BCUT2D eigenvalue weighted by Gasteiger charge is -2.26. The Morgan fingerprint density at radius 2 is 2.33 bits per heavy atom. The number of nitrogens with zero attached hydrogens (tertiary/aromatic N) is 2. The van der Waals surface area contributed by atoms with Crippen LogP contribution >= 0.6 is 15.9 Å². The van der Waals surface area contributed by atoms with Crippen molar-refractivity contribution in [1.29, 1.82) is 0 Å². The molecule has 0 spiro atoms. The molecule has 0 saturated carbocycles. The number of rotatable bonds is 1. The monoisotopic (exact) mass is 305 g/mol. The Labute approximate surface area is 113 Å². The van der Waals surface area contributed by atoms with Crippen LogP contribution in [0.5, 0.6) is 0 Å². The highest BCUT2D eigenvalue weighted by Crippen LogP contribution is 2.23. The average Bonchev–Trinajstić information content (AvgIpc) is 2.78. The van der Waals surface area contributed by atoms with Gasteiger partial charge in [0.05, 0.1) is 4.60 Å². The van der Waals surface area contributed by atoms with Crippen LogP contribution in [0.25, 0.3) is 0 Å². The van der Waals surface area contributed by atoms with Gasteiger partial charge in [-0.25, -0.2) is 0 Å². The second-order valence-corrected chi connectivity index (χ2v) is 5.17. The summed E-state index contributed by atoms with van der Waals surface area (Å²) in [6.45, 7) is 1.38. The predicted octanol–water partition coefficient (Wildman–Crippen LogP) is 2.37. The van der Waals surface area contributed by atoms with Gasteiger partial charge in [0, 0.05) is 31.4 Å². The third-order valence-corrected chi connectivity index (χ3v) is 3.55. The third kappa shape index (κ3) is 2.06. The maximum Gasteiger partial charge on any atom is 0.272 e. The van der Waals surface area contributed by atoms with Crippen LogP contribution in [-0.2, 0) is 13.0 Å². The number of halogens is 1. The van der Waals surface area contributed by atoms with Crippen molar-refractivity contribution in [2.45, 2.75) is 13.0 Å². The molecule has 1 aliphatic rings. The van der Waals surface area contributed by atoms with Gasteiger partial charge in [0.15, 0.2) is 0 Å². The highest BCUT2D eigenvalue weighted by atomic mass is 79.9. The largest absolute Gasteiger partial charge is 0.353 e. The van der Waals surface area contributed by atoms with Gasteiger partial charge in [0.2, 0.25) is 0 Å². The lowest BCUT2D eigenvalue weighted by atomic mass is 10.1. The molecule has 0 atom stereocenters. The number of hydrogen-bond donors (Lipinski definition) is 1. The Balaban J connectivity index is 1.82. The summed E-state index contributed by atoms with van der Waals surface area (Å²) in [7, 11) is 0. The second kappa shape index (κ2) is 4.57. The molecule has 0 aliphatic carbocycles. The molecule has 2 aromatic heterocycles. The molecule has 3 rings (SSSR count). The average molecular weight is 306 g/mol. The fraction of sp³-hybridized carbons (Fsp3) is 0.231. The van der Waals surface area contributed by atoms with E-state index in [4.69, 9.17) is 0 Å². The number of pyridine rings is 1. The van der Waals surface area contributed by atoms with Crippen LogP contribution in [0.15, 0.2) is 35.1 Å². The molecule has 92 valence electrons. The summed E-state index contributed by atoms with van der Waals surface area (Å²) >= 11 is 3.42. The minimum absolute atomic E-state index is 0.00132. The molecule has 2 aromatic rings. The van der Waals surface area contributed by atoms with E-state index in [1.165, 1.54) is 11.3 Å². The molecule has 0 bridgehead atoms. The number of H-pyrrole nitrogens is 1. The van der Waals surface area contributed by atoms with Crippen molar-refractivity contribution in [1.82, 2.24) is 14.9 Å². The zero-order chi connectivity index (χ0) is 12.5. The Kier molecular flexibility index (Phi) is 2.91. The summed E-state index contributed by atoms with van der Waals surface area (Å²) < 4.78 is 0.972. The van der Waals surface area contributed by atoms with Gasteiger partial charge in [0.1, 0.15) is 5.69 Å². The molecule has 3 heterocycles. The number of carbonyl (C=O) groups is 1. The summed E-state index contributed by atoms with van der Waals surface area (Å²) in [6, 6.07) is 7.44. The first kappa shape index (κ1) is 11.5. The number of aromatic amines is 1. The smallest absolute Gasteiger partial charge is 0.272 e. The summed E-state index contributed by atoms with van der Waals surface area (Å²) in [5.41, 5.74) is 2.90. The first-order valence-electron chi connectivity index (χ1n) is 5.80. The van der Waals surface area contributed by atoms with E-state index >= 15 is 0 Å². The SMILES string of the molecule is O=C(c1ccccn1)N1CCc2[nH]c(Br)cc2C1. The van der Waals surface area contributed by atoms with Crippen molar-refractivity contribution >= 4 is 21.8 Å². The fourth-order valence-corrected chi connectivity index (χ4v) is 2.74. The highest BCUT2D eigenvalue weighted by molar-refractivity contribution is 9.10. The van der Waals surface area contributed by atoms with Gasteiger partial charge in [-0.15, -0.1) is 0 Å². The van der Waals surface area contributed by atoms with Gasteiger partial charge in [-0.3, -0.25) is 9.78 Å². The van der Waals surface area contributed by atoms with Crippen molar-refractivity contribution in [3.63, 3.8) is 0 Å². The summed E-state index contributed by atoms with van der Waals surface area (Å²) in [5.74, 6) is -0.00132. The molecule has 0 unspecified atom stereocenters. The van der Waals surface area contributed by atoms with E-state index in [0.29, 0.717) is 12.2 Å². The summed E-state index contributed by atoms with van der Waals surface area (Å²) in [6.07, 6.45) is 2.51. The number of amides is 1. The number of hydrogen-bond acceptors (Lipinski definition) is 2. The quantitative estimate of drug-likeness (QED) is 0.879. The summed E-state index contributed by atoms with van der Waals surface area (Å²) in [5, 5.41) is 0. The van der Waals surface area contributed by atoms with Crippen LogP contribution in [-0.4, -0.2) is 27.3 Å². The molecule has 1 amide bonds. The number of nitrogens with one attached hydrogen (secondary N) is 1.